The van der Waals surface area contributed by atoms with Crippen LogP contribution in [0.5, 0.6) is 0 Å². The molecule has 3 aromatic rings. The number of halogens is 1. The Morgan fingerprint density at radius 2 is 1.97 bits per heavy atom. The number of nitrogens with one attached hydrogen (secondary N) is 2. The highest BCUT2D eigenvalue weighted by molar-refractivity contribution is 7.78. The fourth-order valence-electron chi connectivity index (χ4n) is 2.71. The van der Waals surface area contributed by atoms with Crippen LogP contribution in [0.25, 0.3) is 11.3 Å². The molecule has 0 saturated heterocycles. The minimum Gasteiger partial charge on any atom is -0.772 e. The molecule has 29 heavy (non-hydrogen) atoms. The van der Waals surface area contributed by atoms with E-state index in [0.717, 1.165) is 16.8 Å². The van der Waals surface area contributed by atoms with Gasteiger partial charge in [-0.2, -0.15) is 4.98 Å². The van der Waals surface area contributed by atoms with Crippen LogP contribution in [-0.2, 0) is 16.8 Å². The lowest BCUT2D eigenvalue weighted by molar-refractivity contribution is 0.535. The second-order valence-electron chi connectivity index (χ2n) is 6.25. The van der Waals surface area contributed by atoms with Crippen LogP contribution in [0, 0.1) is 6.92 Å². The van der Waals surface area contributed by atoms with E-state index >= 15 is 0 Å². The molecule has 0 saturated carbocycles. The van der Waals surface area contributed by atoms with Crippen LogP contribution in [0.2, 0.25) is 5.02 Å². The average molecular weight is 432 g/mol. The quantitative estimate of drug-likeness (QED) is 0.366. The first kappa shape index (κ1) is 21.0. The Balaban J connectivity index is 1.59. The summed E-state index contributed by atoms with van der Waals surface area (Å²) in [4.78, 5) is 12.6. The van der Waals surface area contributed by atoms with E-state index in [1.54, 1.807) is 18.3 Å². The summed E-state index contributed by atoms with van der Waals surface area (Å²) in [5.74, 6) is 0.693. The van der Waals surface area contributed by atoms with Gasteiger partial charge in [0.1, 0.15) is 5.82 Å². The maximum Gasteiger partial charge on any atom is 0.222 e. The van der Waals surface area contributed by atoms with Gasteiger partial charge in [0, 0.05) is 29.7 Å². The number of hydrogen-bond donors (Lipinski definition) is 3. The monoisotopic (exact) mass is 431 g/mol. The Bertz CT molecular complexity index is 1020. The Hall–Kier alpha value is -2.75. The molecular formula is C19H20ClN6O2S-. The van der Waals surface area contributed by atoms with Crippen LogP contribution in [0.15, 0.2) is 42.6 Å². The smallest absolute Gasteiger partial charge is 0.222 e. The SMILES string of the molecule is Cc1c(Cl)cccc1-c1cc(NCCNc2ccc(CS(=O)[O-])nc2)nc(N)n1. The number of aromatic nitrogens is 3. The molecule has 0 aliphatic rings. The van der Waals surface area contributed by atoms with Crippen molar-refractivity contribution >= 4 is 40.1 Å². The number of nitrogens with two attached hydrogens (primary N) is 1. The lowest BCUT2D eigenvalue weighted by atomic mass is 10.1. The summed E-state index contributed by atoms with van der Waals surface area (Å²) in [6.07, 6.45) is 1.60. The lowest BCUT2D eigenvalue weighted by Crippen LogP contribution is -2.15. The van der Waals surface area contributed by atoms with Crippen molar-refractivity contribution in [3.05, 3.63) is 58.9 Å². The first-order chi connectivity index (χ1) is 13.9. The van der Waals surface area contributed by atoms with Crippen molar-refractivity contribution in [2.75, 3.05) is 29.5 Å². The fourth-order valence-corrected chi connectivity index (χ4v) is 3.30. The van der Waals surface area contributed by atoms with Gasteiger partial charge >= 0.3 is 0 Å². The van der Waals surface area contributed by atoms with E-state index < -0.39 is 11.1 Å². The normalized spacial score (nSPS) is 11.8. The Labute approximate surface area is 176 Å². The molecule has 152 valence electrons. The van der Waals surface area contributed by atoms with E-state index in [2.05, 4.69) is 25.6 Å². The van der Waals surface area contributed by atoms with Crippen molar-refractivity contribution in [3.8, 4) is 11.3 Å². The van der Waals surface area contributed by atoms with Crippen LogP contribution in [0.1, 0.15) is 11.3 Å². The van der Waals surface area contributed by atoms with Gasteiger partial charge in [-0.25, -0.2) is 4.98 Å². The summed E-state index contributed by atoms with van der Waals surface area (Å²) in [5.41, 5.74) is 9.69. The van der Waals surface area contributed by atoms with E-state index in [1.165, 1.54) is 0 Å². The number of anilines is 3. The summed E-state index contributed by atoms with van der Waals surface area (Å²) in [6, 6.07) is 10.9. The minimum absolute atomic E-state index is 0.0919. The van der Waals surface area contributed by atoms with Gasteiger partial charge in [-0.3, -0.25) is 9.19 Å². The predicted octanol–water partition coefficient (Wildman–Crippen LogP) is 2.99. The molecular weight excluding hydrogens is 412 g/mol. The van der Waals surface area contributed by atoms with Gasteiger partial charge in [0.15, 0.2) is 0 Å². The molecule has 1 aromatic carbocycles. The Morgan fingerprint density at radius 3 is 2.69 bits per heavy atom. The Kier molecular flexibility index (Phi) is 6.97. The lowest BCUT2D eigenvalue weighted by Gasteiger charge is -2.12. The summed E-state index contributed by atoms with van der Waals surface area (Å²) in [6.45, 7) is 3.11. The molecule has 0 amide bonds. The van der Waals surface area contributed by atoms with Gasteiger partial charge in [-0.05, 0) is 41.8 Å². The van der Waals surface area contributed by atoms with Gasteiger partial charge in [0.2, 0.25) is 5.95 Å². The van der Waals surface area contributed by atoms with Crippen LogP contribution in [0.3, 0.4) is 0 Å². The molecule has 0 bridgehead atoms. The summed E-state index contributed by atoms with van der Waals surface area (Å²) in [5, 5.41) is 7.08. The topological polar surface area (TPSA) is 129 Å². The van der Waals surface area contributed by atoms with E-state index in [0.29, 0.717) is 35.3 Å². The molecule has 8 nitrogen and oxygen atoms in total. The third-order valence-corrected chi connectivity index (χ3v) is 5.08. The third kappa shape index (κ3) is 5.86. The molecule has 0 spiro atoms. The highest BCUT2D eigenvalue weighted by atomic mass is 35.5. The molecule has 10 heteroatoms. The predicted molar refractivity (Wildman–Crippen MR) is 115 cm³/mol. The molecule has 2 heterocycles. The van der Waals surface area contributed by atoms with Gasteiger partial charge < -0.3 is 20.9 Å². The van der Waals surface area contributed by atoms with E-state index in [9.17, 15) is 8.76 Å². The highest BCUT2D eigenvalue weighted by Gasteiger charge is 2.09. The maximum atomic E-state index is 10.7. The summed E-state index contributed by atoms with van der Waals surface area (Å²) in [7, 11) is 0. The van der Waals surface area contributed by atoms with Crippen molar-refractivity contribution in [3.63, 3.8) is 0 Å². The van der Waals surface area contributed by atoms with Crippen molar-refractivity contribution < 1.29 is 8.76 Å². The van der Waals surface area contributed by atoms with Crippen molar-refractivity contribution in [1.29, 1.82) is 0 Å². The number of nitrogens with zero attached hydrogens (tertiary/aromatic N) is 3. The van der Waals surface area contributed by atoms with Gasteiger partial charge in [0.05, 0.1) is 29.0 Å². The zero-order chi connectivity index (χ0) is 20.8. The zero-order valence-corrected chi connectivity index (χ0v) is 17.3. The van der Waals surface area contributed by atoms with Crippen molar-refractivity contribution in [2.45, 2.75) is 12.7 Å². The molecule has 4 N–H and O–H groups in total. The van der Waals surface area contributed by atoms with Crippen LogP contribution < -0.4 is 16.4 Å². The van der Waals surface area contributed by atoms with E-state index in [1.807, 2.05) is 31.2 Å². The Morgan fingerprint density at radius 1 is 1.17 bits per heavy atom. The highest BCUT2D eigenvalue weighted by Crippen LogP contribution is 2.28. The molecule has 1 unspecified atom stereocenters. The van der Waals surface area contributed by atoms with Crippen LogP contribution in [0.4, 0.5) is 17.5 Å². The van der Waals surface area contributed by atoms with Crippen molar-refractivity contribution in [1.82, 2.24) is 15.0 Å². The van der Waals surface area contributed by atoms with E-state index in [4.69, 9.17) is 17.3 Å². The molecule has 3 rings (SSSR count). The van der Waals surface area contributed by atoms with Gasteiger partial charge in [-0.1, -0.05) is 23.7 Å². The van der Waals surface area contributed by atoms with Gasteiger partial charge in [-0.15, -0.1) is 0 Å². The number of benzene rings is 1. The number of rotatable bonds is 8. The molecule has 1 atom stereocenters. The maximum absolute atomic E-state index is 10.7. The second kappa shape index (κ2) is 9.64. The standard InChI is InChI=1S/C19H21ClN6O2S/c1-12-15(3-2-4-16(12)20)17-9-18(26-19(21)25-17)23-8-7-22-13-5-6-14(24-10-13)11-29(27)28/h2-6,9-10,22H,7-8,11H2,1H3,(H,27,28)(H3,21,23,25,26)/p-1. The summed E-state index contributed by atoms with van der Waals surface area (Å²) >= 11 is 4.06. The molecule has 0 aliphatic heterocycles. The number of hydrogen-bond acceptors (Lipinski definition) is 8. The second-order valence-corrected chi connectivity index (χ2v) is 7.55. The number of pyridine rings is 1. The fraction of sp³-hybridized carbons (Fsp3) is 0.211. The average Bonchev–Trinajstić information content (AvgIpc) is 2.68. The first-order valence-electron chi connectivity index (χ1n) is 8.81. The van der Waals surface area contributed by atoms with Crippen LogP contribution >= 0.6 is 11.6 Å². The minimum atomic E-state index is -2.14. The molecule has 0 aliphatic carbocycles. The molecule has 0 radical (unpaired) electrons. The van der Waals surface area contributed by atoms with Crippen molar-refractivity contribution in [2.24, 2.45) is 0 Å². The van der Waals surface area contributed by atoms with E-state index in [-0.39, 0.29) is 11.7 Å². The number of nitrogen functional groups attached to an aromatic ring is 1. The van der Waals surface area contributed by atoms with Gasteiger partial charge in [0.25, 0.3) is 0 Å². The molecule has 0 fully saturated rings. The molecule has 2 aromatic heterocycles. The zero-order valence-electron chi connectivity index (χ0n) is 15.7. The summed E-state index contributed by atoms with van der Waals surface area (Å²) < 4.78 is 21.4. The first-order valence-corrected chi connectivity index (χ1v) is 10.4. The third-order valence-electron chi connectivity index (χ3n) is 4.14. The largest absolute Gasteiger partial charge is 0.772 e. The van der Waals surface area contributed by atoms with Crippen LogP contribution in [-0.4, -0.2) is 36.8 Å².